The van der Waals surface area contributed by atoms with Crippen molar-refractivity contribution < 1.29 is 22.7 Å². The lowest BCUT2D eigenvalue weighted by atomic mass is 9.83. The average Bonchev–Trinajstić information content (AvgIpc) is 3.19. The summed E-state index contributed by atoms with van der Waals surface area (Å²) in [6.45, 7) is 12.9. The van der Waals surface area contributed by atoms with Gasteiger partial charge in [-0.3, -0.25) is 9.69 Å². The molecule has 0 bridgehead atoms. The highest BCUT2D eigenvalue weighted by Crippen LogP contribution is 2.41. The molecule has 3 aromatic rings. The van der Waals surface area contributed by atoms with Crippen molar-refractivity contribution in [3.8, 4) is 5.75 Å². The van der Waals surface area contributed by atoms with Crippen molar-refractivity contribution in [2.45, 2.75) is 64.8 Å². The van der Waals surface area contributed by atoms with Crippen molar-refractivity contribution in [3.05, 3.63) is 59.3 Å². The van der Waals surface area contributed by atoms with Crippen LogP contribution in [0.4, 0.5) is 42.0 Å². The third-order valence-electron chi connectivity index (χ3n) is 8.27. The molecular formula is C31H38F3N7O2. The summed E-state index contributed by atoms with van der Waals surface area (Å²) in [7, 11) is 1.55. The summed E-state index contributed by atoms with van der Waals surface area (Å²) in [5.41, 5.74) is 1.82. The molecule has 230 valence electrons. The number of hydrogen-bond donors (Lipinski definition) is 3. The van der Waals surface area contributed by atoms with Crippen LogP contribution in [0.15, 0.2) is 42.6 Å². The third kappa shape index (κ3) is 6.06. The fraction of sp³-hybridized carbons (Fsp3) is 0.452. The average molecular weight is 598 g/mol. The van der Waals surface area contributed by atoms with Crippen LogP contribution in [-0.2, 0) is 22.9 Å². The second-order valence-electron chi connectivity index (χ2n) is 11.9. The number of ether oxygens (including phenoxy) is 1. The van der Waals surface area contributed by atoms with E-state index in [1.807, 2.05) is 18.2 Å². The summed E-state index contributed by atoms with van der Waals surface area (Å²) >= 11 is 0. The molecule has 0 spiro atoms. The number of methoxy groups -OCH3 is 1. The lowest BCUT2D eigenvalue weighted by Gasteiger charge is -2.43. The zero-order valence-electron chi connectivity index (χ0n) is 25.3. The minimum atomic E-state index is -4.67. The molecule has 5 rings (SSSR count). The van der Waals surface area contributed by atoms with Gasteiger partial charge < -0.3 is 25.6 Å². The van der Waals surface area contributed by atoms with Gasteiger partial charge in [-0.25, -0.2) is 4.98 Å². The molecule has 3 heterocycles. The zero-order valence-corrected chi connectivity index (χ0v) is 25.3. The fourth-order valence-electron chi connectivity index (χ4n) is 6.02. The summed E-state index contributed by atoms with van der Waals surface area (Å²) in [6, 6.07) is 11.9. The number of hydrogen-bond acceptors (Lipinski definition) is 8. The van der Waals surface area contributed by atoms with Gasteiger partial charge in [0, 0.05) is 61.9 Å². The Morgan fingerprint density at radius 3 is 2.63 bits per heavy atom. The number of benzene rings is 2. The largest absolute Gasteiger partial charge is 0.494 e. The Kier molecular flexibility index (Phi) is 8.17. The second kappa shape index (κ2) is 11.6. The number of nitrogens with one attached hydrogen (secondary N) is 3. The van der Waals surface area contributed by atoms with E-state index in [0.717, 1.165) is 37.1 Å². The van der Waals surface area contributed by atoms with Crippen LogP contribution in [-0.4, -0.2) is 59.6 Å². The van der Waals surface area contributed by atoms with Gasteiger partial charge in [0.25, 0.3) is 0 Å². The molecule has 3 N–H and O–H groups in total. The number of amides is 1. The maximum absolute atomic E-state index is 13.9. The number of halogens is 3. The number of alkyl halides is 3. The summed E-state index contributed by atoms with van der Waals surface area (Å²) in [5, 5.41) is 8.72. The second-order valence-corrected chi connectivity index (χ2v) is 11.9. The molecule has 9 nitrogen and oxygen atoms in total. The number of aromatic nitrogens is 2. The molecule has 43 heavy (non-hydrogen) atoms. The molecule has 2 aliphatic heterocycles. The molecule has 0 saturated carbocycles. The first-order valence-corrected chi connectivity index (χ1v) is 14.4. The summed E-state index contributed by atoms with van der Waals surface area (Å²) in [5.74, 6) is -0.0260. The van der Waals surface area contributed by atoms with Gasteiger partial charge in [0.1, 0.15) is 17.1 Å². The van der Waals surface area contributed by atoms with E-state index in [9.17, 15) is 18.0 Å². The number of carbonyl (C=O) groups excluding carboxylic acids is 1. The van der Waals surface area contributed by atoms with E-state index < -0.39 is 17.2 Å². The highest BCUT2D eigenvalue weighted by molar-refractivity contribution is 6.06. The lowest BCUT2D eigenvalue weighted by Crippen LogP contribution is -2.54. The quantitative estimate of drug-likeness (QED) is 0.291. The molecule has 0 radical (unpaired) electrons. The normalized spacial score (nSPS) is 18.4. The highest BCUT2D eigenvalue weighted by Gasteiger charge is 2.40. The van der Waals surface area contributed by atoms with Gasteiger partial charge in [-0.1, -0.05) is 12.1 Å². The first-order valence-electron chi connectivity index (χ1n) is 14.4. The van der Waals surface area contributed by atoms with E-state index >= 15 is 0 Å². The van der Waals surface area contributed by atoms with Gasteiger partial charge in [0.2, 0.25) is 11.9 Å². The van der Waals surface area contributed by atoms with E-state index in [0.29, 0.717) is 34.8 Å². The van der Waals surface area contributed by atoms with Gasteiger partial charge in [-0.05, 0) is 63.9 Å². The minimum Gasteiger partial charge on any atom is -0.494 e. The minimum absolute atomic E-state index is 0.0174. The predicted octanol–water partition coefficient (Wildman–Crippen LogP) is 6.01. The Balaban J connectivity index is 1.38. The zero-order chi connectivity index (χ0) is 31.1. The molecule has 1 atom stereocenters. The molecule has 0 unspecified atom stereocenters. The van der Waals surface area contributed by atoms with Gasteiger partial charge in [-0.2, -0.15) is 18.2 Å². The van der Waals surface area contributed by atoms with E-state index in [4.69, 9.17) is 4.74 Å². The molecule has 1 saturated heterocycles. The predicted molar refractivity (Wildman–Crippen MR) is 162 cm³/mol. The lowest BCUT2D eigenvalue weighted by molar-refractivity contribution is -0.137. The van der Waals surface area contributed by atoms with Gasteiger partial charge in [0.15, 0.2) is 0 Å². The van der Waals surface area contributed by atoms with Crippen molar-refractivity contribution in [2.75, 3.05) is 47.6 Å². The van der Waals surface area contributed by atoms with Crippen LogP contribution in [0.2, 0.25) is 0 Å². The number of fused-ring (bicyclic) bond motifs is 1. The molecule has 2 aliphatic rings. The van der Waals surface area contributed by atoms with Crippen LogP contribution in [0.5, 0.6) is 5.75 Å². The first kappa shape index (κ1) is 30.4. The first-order chi connectivity index (χ1) is 20.3. The van der Waals surface area contributed by atoms with Crippen molar-refractivity contribution in [1.82, 2.24) is 14.9 Å². The molecule has 1 amide bonds. The molecule has 2 aromatic carbocycles. The van der Waals surface area contributed by atoms with Crippen LogP contribution >= 0.6 is 0 Å². The Bertz CT molecular complexity index is 1510. The van der Waals surface area contributed by atoms with Gasteiger partial charge in [0.05, 0.1) is 18.2 Å². The number of rotatable bonds is 8. The Morgan fingerprint density at radius 2 is 1.95 bits per heavy atom. The summed E-state index contributed by atoms with van der Waals surface area (Å²) in [6.07, 6.45) is -3.91. The number of piperazine rings is 1. The topological polar surface area (TPSA) is 94.7 Å². The van der Waals surface area contributed by atoms with Crippen LogP contribution in [0.25, 0.3) is 0 Å². The fourth-order valence-corrected chi connectivity index (χ4v) is 6.02. The molecular weight excluding hydrogens is 559 g/mol. The van der Waals surface area contributed by atoms with E-state index in [2.05, 4.69) is 56.5 Å². The standard InChI is InChI=1S/C31H38F3N7O2/c1-18(2)41-13-12-40(17-19(41)3)21-10-11-23(25(14-21)43-6)38-29-36-16-22(31(32,33)34)27(39-29)35-15-20-8-7-9-24-26(20)30(4,5)28(42)37-24/h7-11,14,16,18-19H,12-13,15,17H2,1-6H3,(H,37,42)(H2,35,36,38,39)/t19-/m1/s1. The molecule has 12 heteroatoms. The van der Waals surface area contributed by atoms with Crippen molar-refractivity contribution in [1.29, 1.82) is 0 Å². The van der Waals surface area contributed by atoms with Gasteiger partial charge >= 0.3 is 6.18 Å². The van der Waals surface area contributed by atoms with Crippen molar-refractivity contribution in [2.24, 2.45) is 0 Å². The smallest absolute Gasteiger partial charge is 0.421 e. The van der Waals surface area contributed by atoms with Crippen LogP contribution in [0.3, 0.4) is 0 Å². The monoisotopic (exact) mass is 597 g/mol. The Hall–Kier alpha value is -4.06. The highest BCUT2D eigenvalue weighted by atomic mass is 19.4. The molecule has 1 aromatic heterocycles. The third-order valence-corrected chi connectivity index (χ3v) is 8.27. The van der Waals surface area contributed by atoms with Crippen molar-refractivity contribution in [3.63, 3.8) is 0 Å². The maximum Gasteiger partial charge on any atom is 0.421 e. The van der Waals surface area contributed by atoms with Crippen LogP contribution < -0.4 is 25.6 Å². The SMILES string of the molecule is COc1cc(N2CCN(C(C)C)[C@H](C)C2)ccc1Nc1ncc(C(F)(F)F)c(NCc2cccc3c2C(C)(C)C(=O)N3)n1. The van der Waals surface area contributed by atoms with Gasteiger partial charge in [-0.15, -0.1) is 0 Å². The van der Waals surface area contributed by atoms with E-state index in [1.165, 1.54) is 0 Å². The number of carbonyl (C=O) groups is 1. The van der Waals surface area contributed by atoms with Crippen LogP contribution in [0.1, 0.15) is 51.3 Å². The Labute approximate surface area is 249 Å². The molecule has 0 aliphatic carbocycles. The number of nitrogens with zero attached hydrogens (tertiary/aromatic N) is 4. The van der Waals surface area contributed by atoms with Crippen molar-refractivity contribution >= 4 is 34.7 Å². The Morgan fingerprint density at radius 1 is 1.19 bits per heavy atom. The summed E-state index contributed by atoms with van der Waals surface area (Å²) in [4.78, 5) is 25.4. The molecule has 1 fully saturated rings. The van der Waals surface area contributed by atoms with E-state index in [-0.39, 0.29) is 24.2 Å². The maximum atomic E-state index is 13.9. The van der Waals surface area contributed by atoms with Crippen LogP contribution in [0, 0.1) is 0 Å². The summed E-state index contributed by atoms with van der Waals surface area (Å²) < 4.78 is 47.5. The van der Waals surface area contributed by atoms with E-state index in [1.54, 1.807) is 39.2 Å². The number of anilines is 5.